The number of aromatic nitrogens is 3. The molecule has 3 aromatic rings. The van der Waals surface area contributed by atoms with Crippen molar-refractivity contribution in [3.05, 3.63) is 66.9 Å². The molecule has 0 atom stereocenters. The third-order valence-electron chi connectivity index (χ3n) is 3.05. The Balaban J connectivity index is 2.07. The molecule has 3 heterocycles. The highest BCUT2D eigenvalue weighted by molar-refractivity contribution is 5.68. The second-order valence-corrected chi connectivity index (χ2v) is 4.33. The van der Waals surface area contributed by atoms with Crippen molar-refractivity contribution in [1.82, 2.24) is 15.0 Å². The number of aliphatic hydroxyl groups excluding tert-OH is 1. The fourth-order valence-electron chi connectivity index (χ4n) is 2.08. The van der Waals surface area contributed by atoms with Gasteiger partial charge < -0.3 is 5.11 Å². The molecule has 0 radical (unpaired) electrons. The monoisotopic (exact) mass is 263 g/mol. The maximum absolute atomic E-state index is 9.55. The summed E-state index contributed by atoms with van der Waals surface area (Å²) in [7, 11) is 0. The van der Waals surface area contributed by atoms with Crippen LogP contribution >= 0.6 is 0 Å². The van der Waals surface area contributed by atoms with Crippen LogP contribution in [0.25, 0.3) is 22.4 Å². The fourth-order valence-corrected chi connectivity index (χ4v) is 2.08. The van der Waals surface area contributed by atoms with Gasteiger partial charge in [-0.15, -0.1) is 0 Å². The third-order valence-corrected chi connectivity index (χ3v) is 3.05. The van der Waals surface area contributed by atoms with Gasteiger partial charge in [-0.05, 0) is 24.3 Å². The Morgan fingerprint density at radius 1 is 0.850 bits per heavy atom. The molecule has 0 fully saturated rings. The van der Waals surface area contributed by atoms with Crippen molar-refractivity contribution in [2.75, 3.05) is 0 Å². The van der Waals surface area contributed by atoms with Gasteiger partial charge in [0, 0.05) is 41.5 Å². The first kappa shape index (κ1) is 12.4. The topological polar surface area (TPSA) is 58.9 Å². The number of pyridine rings is 3. The number of hydrogen-bond donors (Lipinski definition) is 1. The van der Waals surface area contributed by atoms with Crippen LogP contribution in [-0.4, -0.2) is 20.1 Å². The molecule has 3 rings (SSSR count). The van der Waals surface area contributed by atoms with E-state index in [1.807, 2.05) is 36.4 Å². The van der Waals surface area contributed by atoms with E-state index >= 15 is 0 Å². The zero-order chi connectivity index (χ0) is 13.8. The molecule has 20 heavy (non-hydrogen) atoms. The normalized spacial score (nSPS) is 10.4. The summed E-state index contributed by atoms with van der Waals surface area (Å²) in [6, 6.07) is 11.5. The van der Waals surface area contributed by atoms with Crippen molar-refractivity contribution in [2.24, 2.45) is 0 Å². The number of nitrogens with zero attached hydrogens (tertiary/aromatic N) is 3. The maximum Gasteiger partial charge on any atom is 0.0859 e. The van der Waals surface area contributed by atoms with Crippen LogP contribution < -0.4 is 0 Å². The maximum atomic E-state index is 9.55. The fraction of sp³-hybridized carbons (Fsp3) is 0.0625. The average Bonchev–Trinajstić information content (AvgIpc) is 2.56. The Bertz CT molecular complexity index is 699. The smallest absolute Gasteiger partial charge is 0.0859 e. The van der Waals surface area contributed by atoms with Crippen molar-refractivity contribution in [2.45, 2.75) is 6.61 Å². The average molecular weight is 263 g/mol. The van der Waals surface area contributed by atoms with Crippen molar-refractivity contribution < 1.29 is 5.11 Å². The lowest BCUT2D eigenvalue weighted by molar-refractivity contribution is 0.277. The van der Waals surface area contributed by atoms with E-state index in [4.69, 9.17) is 0 Å². The van der Waals surface area contributed by atoms with Crippen LogP contribution in [0.2, 0.25) is 0 Å². The molecule has 0 aliphatic heterocycles. The molecule has 0 aliphatic rings. The van der Waals surface area contributed by atoms with E-state index in [1.54, 1.807) is 24.8 Å². The summed E-state index contributed by atoms with van der Waals surface area (Å²) >= 11 is 0. The molecule has 0 spiro atoms. The lowest BCUT2D eigenvalue weighted by atomic mass is 10.0. The molecule has 4 nitrogen and oxygen atoms in total. The van der Waals surface area contributed by atoms with E-state index in [2.05, 4.69) is 15.0 Å². The van der Waals surface area contributed by atoms with Crippen LogP contribution in [0.5, 0.6) is 0 Å². The van der Waals surface area contributed by atoms with Gasteiger partial charge in [-0.3, -0.25) is 9.97 Å². The molecule has 3 aromatic heterocycles. The Hall–Kier alpha value is -2.59. The van der Waals surface area contributed by atoms with Crippen LogP contribution in [0.4, 0.5) is 0 Å². The van der Waals surface area contributed by atoms with Crippen LogP contribution in [-0.2, 0) is 6.61 Å². The van der Waals surface area contributed by atoms with Crippen LogP contribution in [0.3, 0.4) is 0 Å². The Labute approximate surface area is 116 Å². The molecule has 98 valence electrons. The second-order valence-electron chi connectivity index (χ2n) is 4.33. The summed E-state index contributed by atoms with van der Waals surface area (Å²) in [5, 5.41) is 9.55. The predicted molar refractivity (Wildman–Crippen MR) is 76.6 cm³/mol. The summed E-state index contributed by atoms with van der Waals surface area (Å²) in [5.41, 5.74) is 4.21. The minimum atomic E-state index is -0.113. The number of rotatable bonds is 3. The summed E-state index contributed by atoms with van der Waals surface area (Å²) in [4.78, 5) is 12.7. The minimum absolute atomic E-state index is 0.113. The van der Waals surface area contributed by atoms with Crippen LogP contribution in [0.1, 0.15) is 5.69 Å². The van der Waals surface area contributed by atoms with Gasteiger partial charge in [-0.2, -0.15) is 0 Å². The van der Waals surface area contributed by atoms with E-state index in [1.165, 1.54) is 0 Å². The summed E-state index contributed by atoms with van der Waals surface area (Å²) < 4.78 is 0. The lowest BCUT2D eigenvalue weighted by Gasteiger charge is -2.09. The number of hydrogen-bond acceptors (Lipinski definition) is 4. The first-order valence-electron chi connectivity index (χ1n) is 6.30. The summed E-state index contributed by atoms with van der Waals surface area (Å²) in [6.45, 7) is -0.113. The molecule has 0 bridgehead atoms. The Morgan fingerprint density at radius 2 is 1.55 bits per heavy atom. The molecule has 0 amide bonds. The van der Waals surface area contributed by atoms with Gasteiger partial charge in [0.15, 0.2) is 0 Å². The minimum Gasteiger partial charge on any atom is -0.390 e. The van der Waals surface area contributed by atoms with Gasteiger partial charge in [-0.25, -0.2) is 4.98 Å². The summed E-state index contributed by atoms with van der Waals surface area (Å²) in [6.07, 6.45) is 6.97. The van der Waals surface area contributed by atoms with E-state index in [0.29, 0.717) is 5.69 Å². The van der Waals surface area contributed by atoms with Gasteiger partial charge in [0.1, 0.15) is 0 Å². The zero-order valence-electron chi connectivity index (χ0n) is 10.8. The quantitative estimate of drug-likeness (QED) is 0.789. The predicted octanol–water partition coefficient (Wildman–Crippen LogP) is 2.70. The van der Waals surface area contributed by atoms with Crippen molar-refractivity contribution >= 4 is 0 Å². The van der Waals surface area contributed by atoms with Gasteiger partial charge >= 0.3 is 0 Å². The largest absolute Gasteiger partial charge is 0.390 e. The molecule has 1 N–H and O–H groups in total. The van der Waals surface area contributed by atoms with Crippen LogP contribution in [0.15, 0.2) is 61.2 Å². The van der Waals surface area contributed by atoms with Crippen molar-refractivity contribution in [3.8, 4) is 22.4 Å². The Kier molecular flexibility index (Phi) is 3.48. The zero-order valence-corrected chi connectivity index (χ0v) is 10.8. The molecule has 0 saturated heterocycles. The highest BCUT2D eigenvalue weighted by Crippen LogP contribution is 2.25. The SMILES string of the molecule is OCc1nc(-c2cccnc2)ccc1-c1cccnc1. The van der Waals surface area contributed by atoms with E-state index in [0.717, 1.165) is 22.4 Å². The van der Waals surface area contributed by atoms with E-state index in [-0.39, 0.29) is 6.61 Å². The second kappa shape index (κ2) is 5.59. The lowest BCUT2D eigenvalue weighted by Crippen LogP contribution is -1.96. The first-order valence-corrected chi connectivity index (χ1v) is 6.30. The van der Waals surface area contributed by atoms with Gasteiger partial charge in [0.2, 0.25) is 0 Å². The third kappa shape index (κ3) is 2.41. The molecule has 0 aromatic carbocycles. The molecule has 4 heteroatoms. The van der Waals surface area contributed by atoms with Gasteiger partial charge in [-0.1, -0.05) is 12.1 Å². The molecule has 0 unspecified atom stereocenters. The highest BCUT2D eigenvalue weighted by atomic mass is 16.3. The number of aliphatic hydroxyl groups is 1. The molecular formula is C16H13N3O. The van der Waals surface area contributed by atoms with E-state index in [9.17, 15) is 5.11 Å². The molecular weight excluding hydrogens is 250 g/mol. The molecule has 0 aliphatic carbocycles. The van der Waals surface area contributed by atoms with Gasteiger partial charge in [0.05, 0.1) is 18.0 Å². The van der Waals surface area contributed by atoms with Gasteiger partial charge in [0.25, 0.3) is 0 Å². The van der Waals surface area contributed by atoms with Crippen molar-refractivity contribution in [1.29, 1.82) is 0 Å². The molecule has 0 saturated carbocycles. The standard InChI is InChI=1S/C16H13N3O/c20-11-16-14(12-3-1-7-17-9-12)5-6-15(19-16)13-4-2-8-18-10-13/h1-10,20H,11H2. The van der Waals surface area contributed by atoms with E-state index < -0.39 is 0 Å². The Morgan fingerprint density at radius 3 is 2.15 bits per heavy atom. The first-order chi connectivity index (χ1) is 9.88. The van der Waals surface area contributed by atoms with Crippen LogP contribution in [0, 0.1) is 0 Å². The van der Waals surface area contributed by atoms with Crippen molar-refractivity contribution in [3.63, 3.8) is 0 Å². The summed E-state index contributed by atoms with van der Waals surface area (Å²) in [5.74, 6) is 0. The highest BCUT2D eigenvalue weighted by Gasteiger charge is 2.08.